The molecule has 2 N–H and O–H groups in total. The molecule has 1 fully saturated rings. The van der Waals surface area contributed by atoms with Gasteiger partial charge in [-0.3, -0.25) is 4.79 Å². The van der Waals surface area contributed by atoms with Crippen LogP contribution in [0.3, 0.4) is 0 Å². The van der Waals surface area contributed by atoms with Crippen LogP contribution in [0.1, 0.15) is 12.8 Å². The summed E-state index contributed by atoms with van der Waals surface area (Å²) in [7, 11) is 1.50. The van der Waals surface area contributed by atoms with Gasteiger partial charge in [0.15, 0.2) is 0 Å². The zero-order chi connectivity index (χ0) is 12.2. The van der Waals surface area contributed by atoms with Gasteiger partial charge in [-0.15, -0.1) is 0 Å². The number of rotatable bonds is 6. The van der Waals surface area contributed by atoms with E-state index in [-0.39, 0.29) is 19.4 Å². The van der Waals surface area contributed by atoms with Crippen molar-refractivity contribution in [3.8, 4) is 0 Å². The molecular formula is C9H15F3N2O2. The fourth-order valence-corrected chi connectivity index (χ4v) is 1.29. The van der Waals surface area contributed by atoms with Crippen LogP contribution in [0, 0.1) is 0 Å². The second-order valence-electron chi connectivity index (χ2n) is 3.80. The SMILES string of the molecule is COCCNCC(=O)NC1(C(F)(F)F)CC1. The van der Waals surface area contributed by atoms with Crippen molar-refractivity contribution in [2.75, 3.05) is 26.8 Å². The van der Waals surface area contributed by atoms with Gasteiger partial charge in [0.25, 0.3) is 0 Å². The number of carbonyl (C=O) groups is 1. The maximum atomic E-state index is 12.4. The topological polar surface area (TPSA) is 50.4 Å². The third-order valence-electron chi connectivity index (χ3n) is 2.44. The van der Waals surface area contributed by atoms with Gasteiger partial charge in [-0.25, -0.2) is 0 Å². The van der Waals surface area contributed by atoms with Crippen molar-refractivity contribution < 1.29 is 22.7 Å². The fourth-order valence-electron chi connectivity index (χ4n) is 1.29. The normalized spacial score (nSPS) is 18.2. The Morgan fingerprint density at radius 3 is 2.50 bits per heavy atom. The summed E-state index contributed by atoms with van der Waals surface area (Å²) in [5, 5.41) is 4.70. The molecule has 1 aliphatic carbocycles. The molecule has 94 valence electrons. The van der Waals surface area contributed by atoms with E-state index in [4.69, 9.17) is 4.74 Å². The molecule has 0 heterocycles. The Labute approximate surface area is 91.5 Å². The van der Waals surface area contributed by atoms with Crippen molar-refractivity contribution in [1.82, 2.24) is 10.6 Å². The number of methoxy groups -OCH3 is 1. The largest absolute Gasteiger partial charge is 0.411 e. The van der Waals surface area contributed by atoms with Crippen LogP contribution in [0.25, 0.3) is 0 Å². The van der Waals surface area contributed by atoms with Crippen molar-refractivity contribution in [2.45, 2.75) is 24.6 Å². The number of hydrogen-bond acceptors (Lipinski definition) is 3. The molecule has 7 heteroatoms. The van der Waals surface area contributed by atoms with E-state index in [0.717, 1.165) is 0 Å². The number of ether oxygens (including phenoxy) is 1. The summed E-state index contributed by atoms with van der Waals surface area (Å²) in [4.78, 5) is 11.2. The summed E-state index contributed by atoms with van der Waals surface area (Å²) in [6.07, 6.45) is -4.41. The van der Waals surface area contributed by atoms with E-state index < -0.39 is 17.6 Å². The highest BCUT2D eigenvalue weighted by atomic mass is 19.4. The predicted octanol–water partition coefficient (Wildman–Crippen LogP) is 0.433. The predicted molar refractivity (Wildman–Crippen MR) is 50.9 cm³/mol. The zero-order valence-corrected chi connectivity index (χ0v) is 8.99. The molecule has 0 radical (unpaired) electrons. The van der Waals surface area contributed by atoms with Crippen molar-refractivity contribution in [2.24, 2.45) is 0 Å². The fraction of sp³-hybridized carbons (Fsp3) is 0.889. The monoisotopic (exact) mass is 240 g/mol. The molecule has 0 atom stereocenters. The molecule has 1 aliphatic rings. The van der Waals surface area contributed by atoms with Crippen LogP contribution >= 0.6 is 0 Å². The molecule has 0 spiro atoms. The Morgan fingerprint density at radius 1 is 1.44 bits per heavy atom. The van der Waals surface area contributed by atoms with Crippen LogP contribution in [0.15, 0.2) is 0 Å². The zero-order valence-electron chi connectivity index (χ0n) is 8.99. The average molecular weight is 240 g/mol. The molecule has 0 aromatic carbocycles. The molecule has 1 rings (SSSR count). The highest BCUT2D eigenvalue weighted by Crippen LogP contribution is 2.48. The third kappa shape index (κ3) is 3.34. The molecule has 0 saturated heterocycles. The quantitative estimate of drug-likeness (QED) is 0.662. The number of alkyl halides is 3. The summed E-state index contributed by atoms with van der Waals surface area (Å²) in [5.74, 6) is -0.633. The van der Waals surface area contributed by atoms with E-state index in [0.29, 0.717) is 13.2 Å². The smallest absolute Gasteiger partial charge is 0.383 e. The minimum absolute atomic E-state index is 0.0275. The molecule has 16 heavy (non-hydrogen) atoms. The molecular weight excluding hydrogens is 225 g/mol. The van der Waals surface area contributed by atoms with E-state index in [1.807, 2.05) is 5.32 Å². The van der Waals surface area contributed by atoms with E-state index in [1.165, 1.54) is 7.11 Å². The minimum atomic E-state index is -4.35. The Morgan fingerprint density at radius 2 is 2.06 bits per heavy atom. The standard InChI is InChI=1S/C9H15F3N2O2/c1-16-5-4-13-6-7(15)14-8(2-3-8)9(10,11)12/h13H,2-6H2,1H3,(H,14,15). The van der Waals surface area contributed by atoms with Gasteiger partial charge in [-0.05, 0) is 12.8 Å². The van der Waals surface area contributed by atoms with Gasteiger partial charge >= 0.3 is 6.18 Å². The highest BCUT2D eigenvalue weighted by Gasteiger charge is 2.64. The van der Waals surface area contributed by atoms with Crippen LogP contribution in [0.5, 0.6) is 0 Å². The summed E-state index contributed by atoms with van der Waals surface area (Å²) in [6, 6.07) is 0. The lowest BCUT2D eigenvalue weighted by molar-refractivity contribution is -0.170. The van der Waals surface area contributed by atoms with Crippen LogP contribution in [-0.2, 0) is 9.53 Å². The molecule has 0 aromatic heterocycles. The molecule has 4 nitrogen and oxygen atoms in total. The molecule has 0 aliphatic heterocycles. The Balaban J connectivity index is 2.25. The molecule has 1 saturated carbocycles. The minimum Gasteiger partial charge on any atom is -0.383 e. The lowest BCUT2D eigenvalue weighted by Gasteiger charge is -2.20. The Bertz CT molecular complexity index is 252. The van der Waals surface area contributed by atoms with Gasteiger partial charge in [0.1, 0.15) is 5.54 Å². The molecule has 0 aromatic rings. The van der Waals surface area contributed by atoms with Crippen molar-refractivity contribution in [3.63, 3.8) is 0 Å². The average Bonchev–Trinajstić information content (AvgIpc) is 2.92. The maximum Gasteiger partial charge on any atom is 0.411 e. The van der Waals surface area contributed by atoms with Crippen LogP contribution in [-0.4, -0.2) is 44.4 Å². The van der Waals surface area contributed by atoms with Crippen molar-refractivity contribution in [3.05, 3.63) is 0 Å². The second kappa shape index (κ2) is 5.01. The Kier molecular flexibility index (Phi) is 4.15. The number of amides is 1. The van der Waals surface area contributed by atoms with Gasteiger partial charge in [0.2, 0.25) is 5.91 Å². The van der Waals surface area contributed by atoms with Crippen LogP contribution in [0.2, 0.25) is 0 Å². The number of carbonyl (C=O) groups excluding carboxylic acids is 1. The van der Waals surface area contributed by atoms with Gasteiger partial charge in [0, 0.05) is 13.7 Å². The van der Waals surface area contributed by atoms with Crippen LogP contribution in [0.4, 0.5) is 13.2 Å². The van der Waals surface area contributed by atoms with Gasteiger partial charge in [-0.2, -0.15) is 13.2 Å². The van der Waals surface area contributed by atoms with Gasteiger partial charge < -0.3 is 15.4 Å². The summed E-state index contributed by atoms with van der Waals surface area (Å²) < 4.78 is 42.0. The van der Waals surface area contributed by atoms with Crippen LogP contribution < -0.4 is 10.6 Å². The maximum absolute atomic E-state index is 12.4. The molecule has 0 bridgehead atoms. The lowest BCUT2D eigenvalue weighted by Crippen LogP contribution is -2.50. The van der Waals surface area contributed by atoms with Gasteiger partial charge in [0.05, 0.1) is 13.2 Å². The van der Waals surface area contributed by atoms with E-state index in [2.05, 4.69) is 5.32 Å². The lowest BCUT2D eigenvalue weighted by atomic mass is 10.2. The number of nitrogens with one attached hydrogen (secondary N) is 2. The highest BCUT2D eigenvalue weighted by molar-refractivity contribution is 5.79. The first-order valence-corrected chi connectivity index (χ1v) is 4.99. The van der Waals surface area contributed by atoms with E-state index in [9.17, 15) is 18.0 Å². The summed E-state index contributed by atoms with van der Waals surface area (Å²) in [6.45, 7) is 0.724. The molecule has 1 amide bonds. The van der Waals surface area contributed by atoms with E-state index >= 15 is 0 Å². The molecule has 0 unspecified atom stereocenters. The summed E-state index contributed by atoms with van der Waals surface area (Å²) in [5.41, 5.74) is -1.97. The first-order chi connectivity index (χ1) is 7.41. The number of halogens is 3. The van der Waals surface area contributed by atoms with Crippen molar-refractivity contribution >= 4 is 5.91 Å². The third-order valence-corrected chi connectivity index (χ3v) is 2.44. The second-order valence-corrected chi connectivity index (χ2v) is 3.80. The van der Waals surface area contributed by atoms with Gasteiger partial charge in [-0.1, -0.05) is 0 Å². The van der Waals surface area contributed by atoms with Crippen molar-refractivity contribution in [1.29, 1.82) is 0 Å². The van der Waals surface area contributed by atoms with E-state index in [1.54, 1.807) is 0 Å². The number of hydrogen-bond donors (Lipinski definition) is 2. The summed E-state index contributed by atoms with van der Waals surface area (Å²) >= 11 is 0. The first-order valence-electron chi connectivity index (χ1n) is 4.99. The Hall–Kier alpha value is -0.820. The first kappa shape index (κ1) is 13.2.